The van der Waals surface area contributed by atoms with Crippen LogP contribution in [0.4, 0.5) is 0 Å². The van der Waals surface area contributed by atoms with Crippen molar-refractivity contribution in [2.45, 2.75) is 19.4 Å². The van der Waals surface area contributed by atoms with Gasteiger partial charge in [0.25, 0.3) is 5.91 Å². The normalized spacial score (nSPS) is 15.4. The molecule has 0 atom stereocenters. The Bertz CT molecular complexity index is 793. The number of hydrogen-bond donors (Lipinski definition) is 1. The SMILES string of the molecule is O=C(NCC(=O)N1CCCC1)c1cc2c(s1)-c1ccccc1OC2. The third-order valence-corrected chi connectivity index (χ3v) is 5.62. The van der Waals surface area contributed by atoms with Crippen molar-refractivity contribution in [1.82, 2.24) is 10.2 Å². The molecule has 2 aliphatic rings. The number of rotatable bonds is 3. The van der Waals surface area contributed by atoms with Crippen molar-refractivity contribution in [3.63, 3.8) is 0 Å². The van der Waals surface area contributed by atoms with E-state index in [2.05, 4.69) is 5.32 Å². The highest BCUT2D eigenvalue weighted by molar-refractivity contribution is 7.17. The van der Waals surface area contributed by atoms with Gasteiger partial charge in [0.1, 0.15) is 12.4 Å². The van der Waals surface area contributed by atoms with E-state index in [1.807, 2.05) is 35.2 Å². The van der Waals surface area contributed by atoms with Crippen molar-refractivity contribution >= 4 is 23.2 Å². The first-order chi connectivity index (χ1) is 11.7. The van der Waals surface area contributed by atoms with Crippen LogP contribution in [0.2, 0.25) is 0 Å². The van der Waals surface area contributed by atoms with E-state index < -0.39 is 0 Å². The van der Waals surface area contributed by atoms with Crippen molar-refractivity contribution in [3.8, 4) is 16.2 Å². The van der Waals surface area contributed by atoms with Gasteiger partial charge in [-0.2, -0.15) is 0 Å². The van der Waals surface area contributed by atoms with E-state index in [4.69, 9.17) is 4.74 Å². The van der Waals surface area contributed by atoms with Crippen LogP contribution in [0.3, 0.4) is 0 Å². The van der Waals surface area contributed by atoms with Crippen LogP contribution in [0.5, 0.6) is 5.75 Å². The summed E-state index contributed by atoms with van der Waals surface area (Å²) in [6, 6.07) is 9.71. The third kappa shape index (κ3) is 2.78. The van der Waals surface area contributed by atoms with Gasteiger partial charge in [-0.15, -0.1) is 11.3 Å². The fourth-order valence-corrected chi connectivity index (χ4v) is 4.25. The molecule has 124 valence electrons. The number of hydrogen-bond acceptors (Lipinski definition) is 4. The average Bonchev–Trinajstić information content (AvgIpc) is 3.28. The number of likely N-dealkylation sites (tertiary alicyclic amines) is 1. The van der Waals surface area contributed by atoms with E-state index in [-0.39, 0.29) is 18.4 Å². The smallest absolute Gasteiger partial charge is 0.261 e. The minimum Gasteiger partial charge on any atom is -0.488 e. The van der Waals surface area contributed by atoms with Gasteiger partial charge < -0.3 is 15.0 Å². The molecule has 0 saturated carbocycles. The van der Waals surface area contributed by atoms with Crippen molar-refractivity contribution in [3.05, 3.63) is 40.8 Å². The lowest BCUT2D eigenvalue weighted by molar-refractivity contribution is -0.129. The fourth-order valence-electron chi connectivity index (χ4n) is 3.13. The molecular formula is C18H18N2O3S. The molecule has 2 aromatic rings. The van der Waals surface area contributed by atoms with Crippen LogP contribution in [0.25, 0.3) is 10.4 Å². The zero-order chi connectivity index (χ0) is 16.5. The standard InChI is InChI=1S/C18H18N2O3S/c21-16(20-7-3-4-8-20)10-19-18(22)15-9-12-11-23-14-6-2-1-5-13(14)17(12)24-15/h1-2,5-6,9H,3-4,7-8,10-11H2,(H,19,22). The van der Waals surface area contributed by atoms with Crippen LogP contribution in [0.1, 0.15) is 28.1 Å². The number of ether oxygens (including phenoxy) is 1. The van der Waals surface area contributed by atoms with Crippen LogP contribution in [-0.2, 0) is 11.4 Å². The minimum absolute atomic E-state index is 0.00384. The molecule has 2 aliphatic heterocycles. The first kappa shape index (κ1) is 15.2. The van der Waals surface area contributed by atoms with Crippen LogP contribution >= 0.6 is 11.3 Å². The van der Waals surface area contributed by atoms with Crippen molar-refractivity contribution in [1.29, 1.82) is 0 Å². The highest BCUT2D eigenvalue weighted by Crippen LogP contribution is 2.42. The van der Waals surface area contributed by atoms with Crippen molar-refractivity contribution in [2.24, 2.45) is 0 Å². The maximum absolute atomic E-state index is 12.4. The van der Waals surface area contributed by atoms with Crippen molar-refractivity contribution in [2.75, 3.05) is 19.6 Å². The summed E-state index contributed by atoms with van der Waals surface area (Å²) >= 11 is 1.45. The largest absolute Gasteiger partial charge is 0.488 e. The van der Waals surface area contributed by atoms with Gasteiger partial charge in [0, 0.05) is 29.1 Å². The molecule has 1 fully saturated rings. The van der Waals surface area contributed by atoms with E-state index in [1.54, 1.807) is 0 Å². The highest BCUT2D eigenvalue weighted by atomic mass is 32.1. The number of carbonyl (C=O) groups excluding carboxylic acids is 2. The lowest BCUT2D eigenvalue weighted by atomic mass is 10.1. The van der Waals surface area contributed by atoms with Gasteiger partial charge in [-0.05, 0) is 31.0 Å². The molecule has 3 heterocycles. The van der Waals surface area contributed by atoms with Gasteiger partial charge in [-0.1, -0.05) is 12.1 Å². The van der Waals surface area contributed by atoms with Crippen LogP contribution in [0, 0.1) is 0 Å². The predicted molar refractivity (Wildman–Crippen MR) is 92.2 cm³/mol. The number of thiophene rings is 1. The average molecular weight is 342 g/mol. The zero-order valence-electron chi connectivity index (χ0n) is 13.2. The van der Waals surface area contributed by atoms with Crippen molar-refractivity contribution < 1.29 is 14.3 Å². The van der Waals surface area contributed by atoms with Crippen LogP contribution < -0.4 is 10.1 Å². The number of carbonyl (C=O) groups is 2. The lowest BCUT2D eigenvalue weighted by Gasteiger charge is -2.16. The van der Waals surface area contributed by atoms with E-state index in [0.29, 0.717) is 11.5 Å². The molecule has 0 spiro atoms. The quantitative estimate of drug-likeness (QED) is 0.933. The second-order valence-corrected chi connectivity index (χ2v) is 7.07. The number of benzene rings is 1. The molecule has 0 unspecified atom stereocenters. The predicted octanol–water partition coefficient (Wildman–Crippen LogP) is 2.66. The van der Waals surface area contributed by atoms with Gasteiger partial charge in [0.15, 0.2) is 0 Å². The van der Waals surface area contributed by atoms with Crippen LogP contribution in [0.15, 0.2) is 30.3 Å². The van der Waals surface area contributed by atoms with Crippen LogP contribution in [-0.4, -0.2) is 36.3 Å². The maximum Gasteiger partial charge on any atom is 0.261 e. The molecule has 1 saturated heterocycles. The number of amides is 2. The van der Waals surface area contributed by atoms with Gasteiger partial charge >= 0.3 is 0 Å². The fraction of sp³-hybridized carbons (Fsp3) is 0.333. The molecule has 0 aliphatic carbocycles. The lowest BCUT2D eigenvalue weighted by Crippen LogP contribution is -2.38. The highest BCUT2D eigenvalue weighted by Gasteiger charge is 2.23. The van der Waals surface area contributed by atoms with Gasteiger partial charge in [0.2, 0.25) is 5.91 Å². The maximum atomic E-state index is 12.4. The third-order valence-electron chi connectivity index (χ3n) is 4.41. The molecule has 1 aromatic carbocycles. The van der Waals surface area contributed by atoms with E-state index >= 15 is 0 Å². The topological polar surface area (TPSA) is 58.6 Å². The Morgan fingerprint density at radius 1 is 1.21 bits per heavy atom. The first-order valence-corrected chi connectivity index (χ1v) is 8.95. The molecule has 0 bridgehead atoms. The summed E-state index contributed by atoms with van der Waals surface area (Å²) in [6.45, 7) is 2.14. The van der Waals surface area contributed by atoms with Gasteiger partial charge in [-0.3, -0.25) is 9.59 Å². The molecule has 0 radical (unpaired) electrons. The molecule has 5 nitrogen and oxygen atoms in total. The summed E-state index contributed by atoms with van der Waals surface area (Å²) in [5.74, 6) is 0.651. The number of fused-ring (bicyclic) bond motifs is 3. The number of nitrogens with one attached hydrogen (secondary N) is 1. The Balaban J connectivity index is 1.47. The monoisotopic (exact) mass is 342 g/mol. The summed E-state index contributed by atoms with van der Waals surface area (Å²) < 4.78 is 5.72. The summed E-state index contributed by atoms with van der Waals surface area (Å²) in [5, 5.41) is 2.75. The Labute approximate surface area is 144 Å². The molecule has 1 N–H and O–H groups in total. The summed E-state index contributed by atoms with van der Waals surface area (Å²) in [6.07, 6.45) is 2.10. The van der Waals surface area contributed by atoms with Gasteiger partial charge in [-0.25, -0.2) is 0 Å². The molecule has 2 amide bonds. The summed E-state index contributed by atoms with van der Waals surface area (Å²) in [4.78, 5) is 27.9. The first-order valence-electron chi connectivity index (χ1n) is 8.13. The van der Waals surface area contributed by atoms with Gasteiger partial charge in [0.05, 0.1) is 11.4 Å². The second kappa shape index (κ2) is 6.28. The Morgan fingerprint density at radius 3 is 2.83 bits per heavy atom. The Kier molecular flexibility index (Phi) is 3.98. The molecular weight excluding hydrogens is 324 g/mol. The second-order valence-electron chi connectivity index (χ2n) is 6.02. The Morgan fingerprint density at radius 2 is 2.00 bits per heavy atom. The molecule has 24 heavy (non-hydrogen) atoms. The molecule has 1 aromatic heterocycles. The summed E-state index contributed by atoms with van der Waals surface area (Å²) in [5.41, 5.74) is 2.05. The summed E-state index contributed by atoms with van der Waals surface area (Å²) in [7, 11) is 0. The molecule has 6 heteroatoms. The zero-order valence-corrected chi connectivity index (χ0v) is 14.0. The molecule has 4 rings (SSSR count). The Hall–Kier alpha value is -2.34. The minimum atomic E-state index is -0.195. The van der Waals surface area contributed by atoms with E-state index in [0.717, 1.165) is 47.7 Å². The van der Waals surface area contributed by atoms with E-state index in [1.165, 1.54) is 11.3 Å². The van der Waals surface area contributed by atoms with E-state index in [9.17, 15) is 9.59 Å². The number of nitrogens with zero attached hydrogens (tertiary/aromatic N) is 1. The number of para-hydroxylation sites is 1.